The highest BCUT2D eigenvalue weighted by atomic mass is 19.1. The van der Waals surface area contributed by atoms with E-state index in [0.717, 1.165) is 11.8 Å². The van der Waals surface area contributed by atoms with Crippen LogP contribution in [0.5, 0.6) is 5.75 Å². The Morgan fingerprint density at radius 2 is 1.96 bits per heavy atom. The second-order valence-corrected chi connectivity index (χ2v) is 6.36. The molecule has 3 aromatic rings. The number of rotatable bonds is 7. The quantitative estimate of drug-likeness (QED) is 0.461. The van der Waals surface area contributed by atoms with Crippen LogP contribution < -0.4 is 21.1 Å². The lowest BCUT2D eigenvalue weighted by molar-refractivity contribution is 0.129. The van der Waals surface area contributed by atoms with Gasteiger partial charge in [-0.25, -0.2) is 9.37 Å². The lowest BCUT2D eigenvalue weighted by atomic mass is 10.2. The van der Waals surface area contributed by atoms with Crippen LogP contribution in [0.2, 0.25) is 0 Å². The van der Waals surface area contributed by atoms with Gasteiger partial charge >= 0.3 is 0 Å². The Balaban J connectivity index is 1.80. The molecule has 1 atom stereocenters. The Kier molecular flexibility index (Phi) is 5.90. The molecule has 3 rings (SSSR count). The third kappa shape index (κ3) is 4.86. The van der Waals surface area contributed by atoms with Gasteiger partial charge in [-0.15, -0.1) is 0 Å². The predicted octanol–water partition coefficient (Wildman–Crippen LogP) is 3.75. The van der Waals surface area contributed by atoms with Crippen LogP contribution in [-0.2, 0) is 0 Å². The summed E-state index contributed by atoms with van der Waals surface area (Å²) < 4.78 is 19.8. The van der Waals surface area contributed by atoms with Crippen molar-refractivity contribution in [2.75, 3.05) is 23.0 Å². The van der Waals surface area contributed by atoms with E-state index in [9.17, 15) is 9.50 Å². The smallest absolute Gasteiger partial charge is 0.229 e. The molecule has 0 aliphatic heterocycles. The van der Waals surface area contributed by atoms with Gasteiger partial charge in [0.2, 0.25) is 5.95 Å². The zero-order valence-corrected chi connectivity index (χ0v) is 15.6. The Morgan fingerprint density at radius 1 is 1.18 bits per heavy atom. The summed E-state index contributed by atoms with van der Waals surface area (Å²) in [5, 5.41) is 15.1. The van der Waals surface area contributed by atoms with Crippen LogP contribution in [-0.4, -0.2) is 27.8 Å². The number of halogens is 1. The lowest BCUT2D eigenvalue weighted by Crippen LogP contribution is -2.16. The van der Waals surface area contributed by atoms with E-state index >= 15 is 0 Å². The Bertz CT molecular complexity index is 967. The predicted molar refractivity (Wildman–Crippen MR) is 108 cm³/mol. The molecule has 0 spiro atoms. The normalized spacial score (nSPS) is 11.7. The van der Waals surface area contributed by atoms with Crippen molar-refractivity contribution in [1.29, 1.82) is 0 Å². The Labute approximate surface area is 162 Å². The van der Waals surface area contributed by atoms with Crippen LogP contribution >= 0.6 is 0 Å². The fourth-order valence-electron chi connectivity index (χ4n) is 2.46. The van der Waals surface area contributed by atoms with E-state index in [1.807, 2.05) is 19.1 Å². The van der Waals surface area contributed by atoms with E-state index in [4.69, 9.17) is 10.5 Å². The molecule has 0 radical (unpaired) electrons. The number of nitrogens with zero attached hydrogens (tertiary/aromatic N) is 2. The van der Waals surface area contributed by atoms with Crippen molar-refractivity contribution in [3.05, 3.63) is 60.0 Å². The van der Waals surface area contributed by atoms with Crippen molar-refractivity contribution >= 4 is 28.8 Å². The van der Waals surface area contributed by atoms with Crippen LogP contribution in [0.3, 0.4) is 0 Å². The number of anilines is 5. The molecule has 146 valence electrons. The van der Waals surface area contributed by atoms with E-state index in [-0.39, 0.29) is 24.5 Å². The number of aromatic nitrogens is 2. The number of hydrogen-bond donors (Lipinski definition) is 4. The van der Waals surface area contributed by atoms with Crippen molar-refractivity contribution in [1.82, 2.24) is 9.97 Å². The first-order valence-electron chi connectivity index (χ1n) is 8.75. The van der Waals surface area contributed by atoms with E-state index in [1.54, 1.807) is 37.3 Å². The molecule has 0 bridgehead atoms. The minimum atomic E-state index is -0.585. The summed E-state index contributed by atoms with van der Waals surface area (Å²) in [5.74, 6) is 0.294. The maximum atomic E-state index is 14.1. The largest absolute Gasteiger partial charge is 0.488 e. The van der Waals surface area contributed by atoms with Gasteiger partial charge in [0, 0.05) is 23.1 Å². The average Bonchev–Trinajstić information content (AvgIpc) is 2.67. The number of nitrogens with two attached hydrogens (primary N) is 1. The number of nitrogens with one attached hydrogen (secondary N) is 2. The van der Waals surface area contributed by atoms with Crippen LogP contribution in [0, 0.1) is 12.7 Å². The molecule has 0 aliphatic rings. The number of hydrogen-bond acceptors (Lipinski definition) is 7. The number of benzene rings is 2. The second-order valence-electron chi connectivity index (χ2n) is 6.36. The van der Waals surface area contributed by atoms with Crippen molar-refractivity contribution in [3.63, 3.8) is 0 Å². The molecule has 8 heteroatoms. The molecular formula is C20H22FN5O2. The van der Waals surface area contributed by atoms with Gasteiger partial charge in [-0.2, -0.15) is 4.98 Å². The second kappa shape index (κ2) is 8.53. The molecule has 0 unspecified atom stereocenters. The zero-order chi connectivity index (χ0) is 20.1. The highest BCUT2D eigenvalue weighted by molar-refractivity contribution is 5.63. The monoisotopic (exact) mass is 383 g/mol. The Hall–Kier alpha value is -3.39. The molecule has 0 saturated heterocycles. The van der Waals surface area contributed by atoms with Crippen molar-refractivity contribution in [2.24, 2.45) is 0 Å². The highest BCUT2D eigenvalue weighted by Crippen LogP contribution is 2.26. The number of ether oxygens (including phenoxy) is 1. The molecule has 0 saturated carbocycles. The minimum absolute atomic E-state index is 0.0283. The van der Waals surface area contributed by atoms with Gasteiger partial charge in [0.1, 0.15) is 11.9 Å². The first-order valence-corrected chi connectivity index (χ1v) is 8.75. The van der Waals surface area contributed by atoms with Crippen molar-refractivity contribution < 1.29 is 14.2 Å². The summed E-state index contributed by atoms with van der Waals surface area (Å²) in [4.78, 5) is 8.17. The molecule has 1 aromatic heterocycles. The summed E-state index contributed by atoms with van der Waals surface area (Å²) in [6.07, 6.45) is 0.758. The van der Waals surface area contributed by atoms with Gasteiger partial charge in [0.05, 0.1) is 12.8 Å². The lowest BCUT2D eigenvalue weighted by Gasteiger charge is -2.16. The standard InChI is InChI=1S/C20H22FN5O2/c1-12-6-7-16(9-18(12)28-13(2)11-27)25-20-23-10-17(21)19(26-20)24-15-5-3-4-14(22)8-15/h3-10,13,27H,11,22H2,1-2H3,(H2,23,24,25,26)/t13-/m0/s1. The fraction of sp³-hybridized carbons (Fsp3) is 0.200. The summed E-state index contributed by atoms with van der Waals surface area (Å²) in [7, 11) is 0. The molecule has 2 aromatic carbocycles. The van der Waals surface area contributed by atoms with Gasteiger partial charge < -0.3 is 26.2 Å². The first-order chi connectivity index (χ1) is 13.4. The maximum Gasteiger partial charge on any atom is 0.229 e. The number of aliphatic hydroxyl groups is 1. The van der Waals surface area contributed by atoms with Gasteiger partial charge in [0.15, 0.2) is 11.6 Å². The van der Waals surface area contributed by atoms with E-state index in [0.29, 0.717) is 22.8 Å². The zero-order valence-electron chi connectivity index (χ0n) is 15.6. The molecule has 1 heterocycles. The van der Waals surface area contributed by atoms with Crippen LogP contribution in [0.25, 0.3) is 0 Å². The number of aliphatic hydroxyl groups excluding tert-OH is 1. The van der Waals surface area contributed by atoms with E-state index in [1.165, 1.54) is 0 Å². The first kappa shape index (κ1) is 19.4. The topological polar surface area (TPSA) is 105 Å². The maximum absolute atomic E-state index is 14.1. The number of nitrogen functional groups attached to an aromatic ring is 1. The van der Waals surface area contributed by atoms with Crippen LogP contribution in [0.15, 0.2) is 48.7 Å². The van der Waals surface area contributed by atoms with Gasteiger partial charge in [-0.05, 0) is 43.7 Å². The van der Waals surface area contributed by atoms with Gasteiger partial charge in [-0.3, -0.25) is 0 Å². The summed E-state index contributed by atoms with van der Waals surface area (Å²) in [6.45, 7) is 3.60. The molecule has 0 fully saturated rings. The van der Waals surface area contributed by atoms with Gasteiger partial charge in [-0.1, -0.05) is 12.1 Å². The molecular weight excluding hydrogens is 361 g/mol. The van der Waals surface area contributed by atoms with E-state index < -0.39 is 5.82 Å². The fourth-order valence-corrected chi connectivity index (χ4v) is 2.46. The summed E-state index contributed by atoms with van der Waals surface area (Å²) in [5.41, 5.74) is 8.52. The molecule has 0 amide bonds. The Morgan fingerprint density at radius 3 is 2.71 bits per heavy atom. The van der Waals surface area contributed by atoms with Crippen molar-refractivity contribution in [2.45, 2.75) is 20.0 Å². The van der Waals surface area contributed by atoms with Crippen LogP contribution in [0.4, 0.5) is 33.2 Å². The van der Waals surface area contributed by atoms with Gasteiger partial charge in [0.25, 0.3) is 0 Å². The van der Waals surface area contributed by atoms with Crippen LogP contribution in [0.1, 0.15) is 12.5 Å². The summed E-state index contributed by atoms with van der Waals surface area (Å²) in [6, 6.07) is 12.4. The average molecular weight is 383 g/mol. The van der Waals surface area contributed by atoms with E-state index in [2.05, 4.69) is 20.6 Å². The third-order valence-electron chi connectivity index (χ3n) is 3.92. The summed E-state index contributed by atoms with van der Waals surface area (Å²) >= 11 is 0. The SMILES string of the molecule is Cc1ccc(Nc2ncc(F)c(Nc3cccc(N)c3)n2)cc1O[C@@H](C)CO. The molecule has 28 heavy (non-hydrogen) atoms. The molecule has 7 nitrogen and oxygen atoms in total. The molecule has 5 N–H and O–H groups in total. The molecule has 0 aliphatic carbocycles. The number of aryl methyl sites for hydroxylation is 1. The minimum Gasteiger partial charge on any atom is -0.488 e. The highest BCUT2D eigenvalue weighted by Gasteiger charge is 2.10. The van der Waals surface area contributed by atoms with Crippen molar-refractivity contribution in [3.8, 4) is 5.75 Å². The third-order valence-corrected chi connectivity index (χ3v) is 3.92.